The maximum absolute atomic E-state index is 13.6. The van der Waals surface area contributed by atoms with E-state index in [0.717, 1.165) is 11.0 Å². The molecule has 0 saturated heterocycles. The van der Waals surface area contributed by atoms with E-state index in [2.05, 4.69) is 5.43 Å². The first-order valence-corrected chi connectivity index (χ1v) is 7.26. The molecule has 5 heteroatoms. The van der Waals surface area contributed by atoms with Crippen molar-refractivity contribution in [2.75, 3.05) is 5.75 Å². The van der Waals surface area contributed by atoms with Crippen LogP contribution in [0.15, 0.2) is 53.4 Å². The van der Waals surface area contributed by atoms with E-state index in [1.54, 1.807) is 17.8 Å². The van der Waals surface area contributed by atoms with Gasteiger partial charge in [-0.1, -0.05) is 30.3 Å². The molecule has 106 valence electrons. The Labute approximate surface area is 121 Å². The Balaban J connectivity index is 1.97. The minimum Gasteiger partial charge on any atom is -0.271 e. The zero-order valence-electron chi connectivity index (χ0n) is 10.9. The lowest BCUT2D eigenvalue weighted by molar-refractivity contribution is 0.486. The van der Waals surface area contributed by atoms with Gasteiger partial charge in [0.2, 0.25) is 0 Å². The fraction of sp³-hybridized carbons (Fsp3) is 0.200. The van der Waals surface area contributed by atoms with Gasteiger partial charge in [-0.05, 0) is 30.2 Å². The van der Waals surface area contributed by atoms with Gasteiger partial charge in [0.05, 0.1) is 0 Å². The highest BCUT2D eigenvalue weighted by molar-refractivity contribution is 7.99. The zero-order valence-corrected chi connectivity index (χ0v) is 11.7. The van der Waals surface area contributed by atoms with Crippen molar-refractivity contribution in [3.8, 4) is 0 Å². The first-order chi connectivity index (χ1) is 9.70. The summed E-state index contributed by atoms with van der Waals surface area (Å²) in [5.74, 6) is 4.55. The number of nitrogens with two attached hydrogens (primary N) is 1. The van der Waals surface area contributed by atoms with Crippen LogP contribution in [-0.4, -0.2) is 11.8 Å². The van der Waals surface area contributed by atoms with Crippen LogP contribution in [0, 0.1) is 11.6 Å². The molecule has 2 aromatic carbocycles. The molecular weight excluding hydrogens is 278 g/mol. The molecule has 2 nitrogen and oxygen atoms in total. The smallest absolute Gasteiger partial charge is 0.162 e. The molecule has 0 bridgehead atoms. The molecule has 1 atom stereocenters. The second-order valence-electron chi connectivity index (χ2n) is 4.40. The summed E-state index contributed by atoms with van der Waals surface area (Å²) in [4.78, 5) is 1.12. The number of thioether (sulfide) groups is 1. The van der Waals surface area contributed by atoms with E-state index in [1.165, 1.54) is 6.07 Å². The molecule has 2 aromatic rings. The number of hydrazine groups is 1. The normalized spacial score (nSPS) is 12.3. The Morgan fingerprint density at radius 2 is 1.80 bits per heavy atom. The first kappa shape index (κ1) is 15.0. The lowest BCUT2D eigenvalue weighted by Gasteiger charge is -2.16. The van der Waals surface area contributed by atoms with Gasteiger partial charge in [0.1, 0.15) is 0 Å². The molecule has 1 unspecified atom stereocenters. The lowest BCUT2D eigenvalue weighted by Crippen LogP contribution is -2.38. The molecule has 0 saturated carbocycles. The molecule has 2 rings (SSSR count). The number of halogens is 2. The molecule has 3 N–H and O–H groups in total. The molecule has 0 spiro atoms. The third kappa shape index (κ3) is 4.03. The number of hydrogen-bond acceptors (Lipinski definition) is 3. The Morgan fingerprint density at radius 1 is 1.05 bits per heavy atom. The van der Waals surface area contributed by atoms with Crippen molar-refractivity contribution in [3.05, 3.63) is 65.7 Å². The zero-order chi connectivity index (χ0) is 14.4. The highest BCUT2D eigenvalue weighted by atomic mass is 32.2. The van der Waals surface area contributed by atoms with Crippen molar-refractivity contribution in [3.63, 3.8) is 0 Å². The Bertz CT molecular complexity index is 549. The van der Waals surface area contributed by atoms with Crippen LogP contribution < -0.4 is 11.3 Å². The third-order valence-corrected chi connectivity index (χ3v) is 4.10. The van der Waals surface area contributed by atoms with E-state index >= 15 is 0 Å². The van der Waals surface area contributed by atoms with E-state index in [0.29, 0.717) is 17.7 Å². The van der Waals surface area contributed by atoms with Gasteiger partial charge < -0.3 is 0 Å². The summed E-state index contributed by atoms with van der Waals surface area (Å²) in [5.41, 5.74) is 2.99. The van der Waals surface area contributed by atoms with Crippen LogP contribution in [0.5, 0.6) is 0 Å². The second-order valence-corrected chi connectivity index (χ2v) is 5.50. The van der Waals surface area contributed by atoms with Crippen LogP contribution in [0.2, 0.25) is 0 Å². The maximum atomic E-state index is 13.6. The molecule has 0 aromatic heterocycles. The molecule has 0 fully saturated rings. The fourth-order valence-corrected chi connectivity index (χ4v) is 2.81. The second kappa shape index (κ2) is 7.38. The van der Waals surface area contributed by atoms with E-state index < -0.39 is 11.6 Å². The van der Waals surface area contributed by atoms with E-state index in [4.69, 9.17) is 5.84 Å². The van der Waals surface area contributed by atoms with Gasteiger partial charge >= 0.3 is 0 Å². The molecule has 0 radical (unpaired) electrons. The summed E-state index contributed by atoms with van der Waals surface area (Å²) in [6.45, 7) is 0. The molecule has 20 heavy (non-hydrogen) atoms. The van der Waals surface area contributed by atoms with Gasteiger partial charge in [-0.15, -0.1) is 11.8 Å². The van der Waals surface area contributed by atoms with E-state index in [-0.39, 0.29) is 6.04 Å². The number of hydrogen-bond donors (Lipinski definition) is 2. The summed E-state index contributed by atoms with van der Waals surface area (Å²) in [5, 5.41) is 0. The number of nitrogens with one attached hydrogen (secondary N) is 1. The largest absolute Gasteiger partial charge is 0.271 e. The van der Waals surface area contributed by atoms with Gasteiger partial charge in [-0.3, -0.25) is 11.3 Å². The van der Waals surface area contributed by atoms with Crippen LogP contribution >= 0.6 is 11.8 Å². The van der Waals surface area contributed by atoms with Crippen LogP contribution in [0.1, 0.15) is 5.56 Å². The predicted molar refractivity (Wildman–Crippen MR) is 78.3 cm³/mol. The van der Waals surface area contributed by atoms with E-state index in [9.17, 15) is 8.78 Å². The molecule has 0 aliphatic carbocycles. The Morgan fingerprint density at radius 3 is 2.50 bits per heavy atom. The number of benzene rings is 2. The van der Waals surface area contributed by atoms with Crippen LogP contribution in [-0.2, 0) is 6.42 Å². The average molecular weight is 294 g/mol. The summed E-state index contributed by atoms with van der Waals surface area (Å²) < 4.78 is 26.8. The van der Waals surface area contributed by atoms with Crippen molar-refractivity contribution < 1.29 is 8.78 Å². The average Bonchev–Trinajstić information content (AvgIpc) is 2.49. The van der Waals surface area contributed by atoms with Crippen LogP contribution in [0.25, 0.3) is 0 Å². The molecule has 0 aliphatic heterocycles. The van der Waals surface area contributed by atoms with E-state index in [1.807, 2.05) is 30.3 Å². The standard InChI is InChI=1S/C15H16F2N2S/c16-14-8-4-5-11(15(14)17)9-12(19-18)10-20-13-6-2-1-3-7-13/h1-8,12,19H,9-10,18H2. The molecule has 0 amide bonds. The van der Waals surface area contributed by atoms with Crippen LogP contribution in [0.3, 0.4) is 0 Å². The van der Waals surface area contributed by atoms with Gasteiger partial charge in [-0.2, -0.15) is 0 Å². The Kier molecular flexibility index (Phi) is 5.52. The van der Waals surface area contributed by atoms with Gasteiger partial charge in [0.25, 0.3) is 0 Å². The summed E-state index contributed by atoms with van der Waals surface area (Å²) in [7, 11) is 0. The van der Waals surface area contributed by atoms with Crippen molar-refractivity contribution in [1.82, 2.24) is 5.43 Å². The summed E-state index contributed by atoms with van der Waals surface area (Å²) in [6, 6.07) is 13.9. The minimum absolute atomic E-state index is 0.128. The summed E-state index contributed by atoms with van der Waals surface area (Å²) >= 11 is 1.62. The van der Waals surface area contributed by atoms with Gasteiger partial charge in [0, 0.05) is 16.7 Å². The highest BCUT2D eigenvalue weighted by Crippen LogP contribution is 2.20. The first-order valence-electron chi connectivity index (χ1n) is 6.27. The van der Waals surface area contributed by atoms with Crippen molar-refractivity contribution >= 4 is 11.8 Å². The van der Waals surface area contributed by atoms with Gasteiger partial charge in [-0.25, -0.2) is 8.78 Å². The van der Waals surface area contributed by atoms with Gasteiger partial charge in [0.15, 0.2) is 11.6 Å². The third-order valence-electron chi connectivity index (χ3n) is 2.93. The lowest BCUT2D eigenvalue weighted by atomic mass is 10.1. The predicted octanol–water partition coefficient (Wildman–Crippen LogP) is 3.13. The van der Waals surface area contributed by atoms with Crippen molar-refractivity contribution in [2.24, 2.45) is 5.84 Å². The van der Waals surface area contributed by atoms with Crippen LogP contribution in [0.4, 0.5) is 8.78 Å². The maximum Gasteiger partial charge on any atom is 0.162 e. The monoisotopic (exact) mass is 294 g/mol. The molecule has 0 aliphatic rings. The number of rotatable bonds is 6. The van der Waals surface area contributed by atoms with Crippen molar-refractivity contribution in [2.45, 2.75) is 17.4 Å². The fourth-order valence-electron chi connectivity index (χ4n) is 1.85. The quantitative estimate of drug-likeness (QED) is 0.488. The minimum atomic E-state index is -0.825. The van der Waals surface area contributed by atoms with Crippen molar-refractivity contribution in [1.29, 1.82) is 0 Å². The summed E-state index contributed by atoms with van der Waals surface area (Å²) in [6.07, 6.45) is 0.347. The Hall–Kier alpha value is -1.43. The SMILES string of the molecule is NNC(CSc1ccccc1)Cc1cccc(F)c1F. The molecular formula is C15H16F2N2S. The topological polar surface area (TPSA) is 38.0 Å². The molecule has 0 heterocycles. The highest BCUT2D eigenvalue weighted by Gasteiger charge is 2.13.